The molecule has 0 radical (unpaired) electrons. The summed E-state index contributed by atoms with van der Waals surface area (Å²) in [6.45, 7) is 3.25. The van der Waals surface area contributed by atoms with Crippen LogP contribution < -0.4 is 0 Å². The van der Waals surface area contributed by atoms with Gasteiger partial charge in [0.25, 0.3) is 5.69 Å². The summed E-state index contributed by atoms with van der Waals surface area (Å²) in [4.78, 5) is 24.0. The summed E-state index contributed by atoms with van der Waals surface area (Å²) >= 11 is 0. The van der Waals surface area contributed by atoms with Gasteiger partial charge in [0.15, 0.2) is 0 Å². The summed E-state index contributed by atoms with van der Waals surface area (Å²) in [5.74, 6) is -0.932. The van der Waals surface area contributed by atoms with Crippen LogP contribution in [-0.4, -0.2) is 36.0 Å². The highest BCUT2D eigenvalue weighted by atomic mass is 19.1. The third kappa shape index (κ3) is 3.36. The normalized spacial score (nSPS) is 22.2. The second-order valence-electron chi connectivity index (χ2n) is 5.33. The minimum Gasteiger partial charge on any atom is -0.469 e. The van der Waals surface area contributed by atoms with E-state index in [9.17, 15) is 19.3 Å². The van der Waals surface area contributed by atoms with E-state index in [1.165, 1.54) is 19.2 Å². The molecule has 0 bridgehead atoms. The van der Waals surface area contributed by atoms with Crippen LogP contribution in [0.2, 0.25) is 0 Å². The number of nitro groups is 1. The Morgan fingerprint density at radius 3 is 2.86 bits per heavy atom. The first kappa shape index (κ1) is 15.4. The fraction of sp³-hybridized carbons (Fsp3) is 0.500. The Balaban J connectivity index is 2.15. The summed E-state index contributed by atoms with van der Waals surface area (Å²) in [5.41, 5.74) is 0.211. The zero-order chi connectivity index (χ0) is 15.6. The monoisotopic (exact) mass is 296 g/mol. The van der Waals surface area contributed by atoms with Gasteiger partial charge in [0.2, 0.25) is 0 Å². The number of nitro benzene ring substituents is 1. The first-order valence-electron chi connectivity index (χ1n) is 6.65. The van der Waals surface area contributed by atoms with Crippen LogP contribution in [0.5, 0.6) is 0 Å². The van der Waals surface area contributed by atoms with Crippen molar-refractivity contribution >= 4 is 11.7 Å². The molecule has 1 aromatic carbocycles. The minimum atomic E-state index is -0.522. The highest BCUT2D eigenvalue weighted by molar-refractivity contribution is 5.73. The summed E-state index contributed by atoms with van der Waals surface area (Å²) in [5, 5.41) is 11.0. The highest BCUT2D eigenvalue weighted by Crippen LogP contribution is 2.28. The molecule has 0 aromatic heterocycles. The molecule has 0 saturated carbocycles. The molecular formula is C14H17FN2O4. The third-order valence-electron chi connectivity index (χ3n) is 3.82. The van der Waals surface area contributed by atoms with Crippen molar-refractivity contribution in [3.8, 4) is 0 Å². The van der Waals surface area contributed by atoms with Gasteiger partial charge >= 0.3 is 5.97 Å². The van der Waals surface area contributed by atoms with Gasteiger partial charge in [-0.05, 0) is 18.1 Å². The molecule has 6 nitrogen and oxygen atoms in total. The average molecular weight is 296 g/mol. The largest absolute Gasteiger partial charge is 0.469 e. The maximum atomic E-state index is 13.3. The Morgan fingerprint density at radius 2 is 2.24 bits per heavy atom. The Bertz CT molecular complexity index is 564. The fourth-order valence-corrected chi connectivity index (χ4v) is 2.75. The van der Waals surface area contributed by atoms with Crippen molar-refractivity contribution in [1.29, 1.82) is 0 Å². The summed E-state index contributed by atoms with van der Waals surface area (Å²) < 4.78 is 18.1. The molecule has 1 aliphatic heterocycles. The van der Waals surface area contributed by atoms with E-state index in [4.69, 9.17) is 4.74 Å². The number of nitrogens with zero attached hydrogens (tertiary/aromatic N) is 2. The van der Waals surface area contributed by atoms with E-state index in [0.29, 0.717) is 18.7 Å². The molecule has 1 aromatic rings. The number of likely N-dealkylation sites (tertiary alicyclic amines) is 1. The van der Waals surface area contributed by atoms with Crippen molar-refractivity contribution in [3.63, 3.8) is 0 Å². The Hall–Kier alpha value is -2.02. The van der Waals surface area contributed by atoms with Crippen LogP contribution in [0.4, 0.5) is 10.1 Å². The van der Waals surface area contributed by atoms with Crippen molar-refractivity contribution in [2.45, 2.75) is 13.5 Å². The number of carbonyl (C=O) groups is 1. The van der Waals surface area contributed by atoms with Crippen LogP contribution in [-0.2, 0) is 16.1 Å². The van der Waals surface area contributed by atoms with Crippen LogP contribution in [0.25, 0.3) is 0 Å². The molecule has 2 atom stereocenters. The van der Waals surface area contributed by atoms with Crippen LogP contribution in [0.15, 0.2) is 18.2 Å². The number of benzene rings is 1. The molecule has 2 rings (SSSR count). The molecule has 114 valence electrons. The summed E-state index contributed by atoms with van der Waals surface area (Å²) in [7, 11) is 1.34. The molecule has 2 unspecified atom stereocenters. The second-order valence-corrected chi connectivity index (χ2v) is 5.33. The van der Waals surface area contributed by atoms with Gasteiger partial charge in [0.1, 0.15) is 5.82 Å². The van der Waals surface area contributed by atoms with Crippen molar-refractivity contribution in [2.75, 3.05) is 20.2 Å². The molecule has 1 aliphatic rings. The van der Waals surface area contributed by atoms with Gasteiger partial charge < -0.3 is 4.74 Å². The van der Waals surface area contributed by atoms with Crippen molar-refractivity contribution < 1.29 is 18.8 Å². The molecule has 1 heterocycles. The van der Waals surface area contributed by atoms with Crippen LogP contribution >= 0.6 is 0 Å². The van der Waals surface area contributed by atoms with Crippen molar-refractivity contribution in [3.05, 3.63) is 39.7 Å². The molecular weight excluding hydrogens is 279 g/mol. The van der Waals surface area contributed by atoms with E-state index in [2.05, 4.69) is 0 Å². The van der Waals surface area contributed by atoms with E-state index in [1.54, 1.807) is 0 Å². The predicted octanol–water partition coefficient (Wildman–Crippen LogP) is 1.97. The standard InChI is InChI=1S/C14H17FN2O4/c1-9-6-16(8-12(9)14(18)21-2)7-10-5-11(15)3-4-13(10)17(19)20/h3-5,9,12H,6-8H2,1-2H3. The average Bonchev–Trinajstić information content (AvgIpc) is 2.78. The number of esters is 1. The van der Waals surface area contributed by atoms with Crippen LogP contribution in [0.1, 0.15) is 12.5 Å². The first-order chi connectivity index (χ1) is 9.92. The number of ether oxygens (including phenoxy) is 1. The van der Waals surface area contributed by atoms with Crippen LogP contribution in [0, 0.1) is 27.8 Å². The summed E-state index contributed by atoms with van der Waals surface area (Å²) in [6, 6.07) is 3.42. The molecule has 1 fully saturated rings. The molecule has 21 heavy (non-hydrogen) atoms. The van der Waals surface area contributed by atoms with E-state index in [0.717, 1.165) is 6.07 Å². The van der Waals surface area contributed by atoms with Crippen LogP contribution in [0.3, 0.4) is 0 Å². The summed E-state index contributed by atoms with van der Waals surface area (Å²) in [6.07, 6.45) is 0. The van der Waals surface area contributed by atoms with Crippen molar-refractivity contribution in [2.24, 2.45) is 11.8 Å². The molecule has 0 N–H and O–H groups in total. The van der Waals surface area contributed by atoms with E-state index >= 15 is 0 Å². The quantitative estimate of drug-likeness (QED) is 0.482. The van der Waals surface area contributed by atoms with E-state index < -0.39 is 10.7 Å². The van der Waals surface area contributed by atoms with E-state index in [1.807, 2.05) is 11.8 Å². The lowest BCUT2D eigenvalue weighted by Gasteiger charge is -2.15. The van der Waals surface area contributed by atoms with Gasteiger partial charge in [-0.3, -0.25) is 19.8 Å². The zero-order valence-electron chi connectivity index (χ0n) is 11.9. The molecule has 0 amide bonds. The lowest BCUT2D eigenvalue weighted by atomic mass is 9.99. The SMILES string of the molecule is COC(=O)C1CN(Cc2cc(F)ccc2[N+](=O)[O-])CC1C. The number of hydrogen-bond donors (Lipinski definition) is 0. The molecule has 1 saturated heterocycles. The van der Waals surface area contributed by atoms with Gasteiger partial charge in [-0.15, -0.1) is 0 Å². The number of methoxy groups -OCH3 is 1. The number of hydrogen-bond acceptors (Lipinski definition) is 5. The molecule has 7 heteroatoms. The maximum absolute atomic E-state index is 13.3. The smallest absolute Gasteiger partial charge is 0.310 e. The lowest BCUT2D eigenvalue weighted by molar-refractivity contribution is -0.385. The number of halogens is 1. The van der Waals surface area contributed by atoms with Gasteiger partial charge in [0.05, 0.1) is 18.0 Å². The molecule has 0 aliphatic carbocycles. The number of rotatable bonds is 4. The fourth-order valence-electron chi connectivity index (χ4n) is 2.75. The van der Waals surface area contributed by atoms with E-state index in [-0.39, 0.29) is 30.0 Å². The Morgan fingerprint density at radius 1 is 1.52 bits per heavy atom. The number of carbonyl (C=O) groups excluding carboxylic acids is 1. The Kier molecular flexibility index (Phi) is 4.52. The minimum absolute atomic E-state index is 0.102. The third-order valence-corrected chi connectivity index (χ3v) is 3.82. The lowest BCUT2D eigenvalue weighted by Crippen LogP contribution is -2.24. The molecule has 0 spiro atoms. The predicted molar refractivity (Wildman–Crippen MR) is 73.0 cm³/mol. The zero-order valence-corrected chi connectivity index (χ0v) is 11.9. The van der Waals surface area contributed by atoms with Crippen molar-refractivity contribution in [1.82, 2.24) is 4.90 Å². The van der Waals surface area contributed by atoms with Gasteiger partial charge in [0, 0.05) is 31.3 Å². The second kappa shape index (κ2) is 6.17. The first-order valence-corrected chi connectivity index (χ1v) is 6.65. The topological polar surface area (TPSA) is 72.7 Å². The highest BCUT2D eigenvalue weighted by Gasteiger charge is 2.36. The van der Waals surface area contributed by atoms with Gasteiger partial charge in [-0.2, -0.15) is 0 Å². The Labute approximate surface area is 121 Å². The van der Waals surface area contributed by atoms with Gasteiger partial charge in [-0.1, -0.05) is 6.92 Å². The van der Waals surface area contributed by atoms with Gasteiger partial charge in [-0.25, -0.2) is 4.39 Å². The maximum Gasteiger partial charge on any atom is 0.310 e.